The molecule has 1 saturated heterocycles. The molecule has 2 aliphatic rings. The van der Waals surface area contributed by atoms with Crippen LogP contribution in [-0.2, 0) is 10.7 Å². The molecule has 7 nitrogen and oxygen atoms in total. The number of anilines is 1. The van der Waals surface area contributed by atoms with Crippen LogP contribution in [0.3, 0.4) is 0 Å². The number of halogens is 2. The molecule has 2 heterocycles. The highest BCUT2D eigenvalue weighted by Gasteiger charge is 2.29. The minimum absolute atomic E-state index is 0.00431. The standard InChI is InChI=1S/C26H28F2N4O3S/c1-17(2)36-35-31-11-9-30(10-12-31)23-16-29-32(21-14-19(27)13-20(28)15-21)26(33)25(23)34-24-8-7-18-5-3-4-6-22(18)24/h3-6,13-17,24H,7-12H2,1-2H3. The first-order chi connectivity index (χ1) is 17.4. The molecule has 1 unspecified atom stereocenters. The molecule has 1 aliphatic carbocycles. The summed E-state index contributed by atoms with van der Waals surface area (Å²) in [7, 11) is 0. The number of piperazine rings is 1. The second kappa shape index (κ2) is 10.6. The van der Waals surface area contributed by atoms with Gasteiger partial charge in [-0.2, -0.15) is 14.8 Å². The smallest absolute Gasteiger partial charge is 0.316 e. The molecular formula is C26H28F2N4O3S. The summed E-state index contributed by atoms with van der Waals surface area (Å²) in [6, 6.07) is 10.9. The highest BCUT2D eigenvalue weighted by atomic mass is 32.2. The number of hydrogen-bond donors (Lipinski definition) is 0. The topological polar surface area (TPSA) is 59.8 Å². The van der Waals surface area contributed by atoms with Crippen molar-refractivity contribution in [2.45, 2.75) is 38.0 Å². The molecule has 1 aromatic heterocycles. The molecule has 0 radical (unpaired) electrons. The Balaban J connectivity index is 1.48. The lowest BCUT2D eigenvalue weighted by molar-refractivity contribution is -0.0419. The molecule has 2 aromatic carbocycles. The lowest BCUT2D eigenvalue weighted by Gasteiger charge is -2.35. The van der Waals surface area contributed by atoms with Crippen molar-refractivity contribution in [3.8, 4) is 11.4 Å². The predicted octanol–water partition coefficient (Wildman–Crippen LogP) is 4.69. The number of hydrogen-bond acceptors (Lipinski definition) is 7. The largest absolute Gasteiger partial charge is 0.478 e. The van der Waals surface area contributed by atoms with Gasteiger partial charge >= 0.3 is 5.56 Å². The van der Waals surface area contributed by atoms with Gasteiger partial charge in [-0.05, 0) is 36.1 Å². The minimum atomic E-state index is -0.787. The zero-order valence-electron chi connectivity index (χ0n) is 20.2. The van der Waals surface area contributed by atoms with E-state index in [-0.39, 0.29) is 17.5 Å². The lowest BCUT2D eigenvalue weighted by atomic mass is 10.1. The Bertz CT molecular complexity index is 1270. The third-order valence-electron chi connectivity index (χ3n) is 6.26. The molecule has 36 heavy (non-hydrogen) atoms. The van der Waals surface area contributed by atoms with E-state index in [2.05, 4.69) is 25.0 Å². The summed E-state index contributed by atoms with van der Waals surface area (Å²) in [5.41, 5.74) is 2.25. The van der Waals surface area contributed by atoms with E-state index in [0.29, 0.717) is 37.1 Å². The van der Waals surface area contributed by atoms with Crippen LogP contribution >= 0.6 is 12.0 Å². The summed E-state index contributed by atoms with van der Waals surface area (Å²) >= 11 is 1.41. The van der Waals surface area contributed by atoms with Crippen LogP contribution in [0.4, 0.5) is 14.5 Å². The molecule has 190 valence electrons. The fourth-order valence-electron chi connectivity index (χ4n) is 4.54. The molecule has 0 N–H and O–H groups in total. The summed E-state index contributed by atoms with van der Waals surface area (Å²) in [6.07, 6.45) is 2.84. The van der Waals surface area contributed by atoms with E-state index in [1.54, 1.807) is 6.20 Å². The van der Waals surface area contributed by atoms with E-state index in [1.165, 1.54) is 17.6 Å². The average molecular weight is 515 g/mol. The van der Waals surface area contributed by atoms with Crippen molar-refractivity contribution in [2.24, 2.45) is 0 Å². The molecule has 10 heteroatoms. The zero-order chi connectivity index (χ0) is 25.2. The Morgan fingerprint density at radius 2 is 1.78 bits per heavy atom. The number of aromatic nitrogens is 2. The number of benzene rings is 2. The first-order valence-corrected chi connectivity index (χ1v) is 12.9. The molecule has 0 bridgehead atoms. The van der Waals surface area contributed by atoms with Gasteiger partial charge < -0.3 is 9.64 Å². The maximum atomic E-state index is 13.9. The minimum Gasteiger partial charge on any atom is -0.478 e. The van der Waals surface area contributed by atoms with E-state index in [9.17, 15) is 13.6 Å². The summed E-state index contributed by atoms with van der Waals surface area (Å²) < 4.78 is 41.0. The number of rotatable bonds is 7. The molecule has 0 spiro atoms. The fraction of sp³-hybridized carbons (Fsp3) is 0.385. The first kappa shape index (κ1) is 24.7. The third kappa shape index (κ3) is 5.25. The van der Waals surface area contributed by atoms with Gasteiger partial charge in [0.05, 0.1) is 11.9 Å². The van der Waals surface area contributed by atoms with Crippen LogP contribution in [0.15, 0.2) is 53.5 Å². The van der Waals surface area contributed by atoms with Crippen LogP contribution in [0, 0.1) is 11.6 Å². The number of nitrogens with zero attached hydrogens (tertiary/aromatic N) is 4. The molecule has 0 amide bonds. The van der Waals surface area contributed by atoms with Crippen LogP contribution in [0.1, 0.15) is 37.5 Å². The number of ether oxygens (including phenoxy) is 1. The predicted molar refractivity (Wildman–Crippen MR) is 135 cm³/mol. The molecule has 1 aliphatic heterocycles. The van der Waals surface area contributed by atoms with Crippen LogP contribution in [-0.4, -0.2) is 46.3 Å². The second-order valence-electron chi connectivity index (χ2n) is 9.18. The average Bonchev–Trinajstić information content (AvgIpc) is 3.26. The lowest BCUT2D eigenvalue weighted by Crippen LogP contribution is -2.46. The Morgan fingerprint density at radius 1 is 1.06 bits per heavy atom. The van der Waals surface area contributed by atoms with Crippen LogP contribution in [0.2, 0.25) is 0 Å². The normalized spacial score (nSPS) is 18.0. The van der Waals surface area contributed by atoms with Crippen molar-refractivity contribution in [3.63, 3.8) is 0 Å². The summed E-state index contributed by atoms with van der Waals surface area (Å²) in [6.45, 7) is 6.63. The van der Waals surface area contributed by atoms with Gasteiger partial charge in [-0.25, -0.2) is 13.1 Å². The Hall–Kier alpha value is -2.95. The molecular weight excluding hydrogens is 486 g/mol. The van der Waals surface area contributed by atoms with E-state index in [1.807, 2.05) is 28.2 Å². The summed E-state index contributed by atoms with van der Waals surface area (Å²) in [4.78, 5) is 15.7. The van der Waals surface area contributed by atoms with Gasteiger partial charge in [0, 0.05) is 49.5 Å². The summed E-state index contributed by atoms with van der Waals surface area (Å²) in [5.74, 6) is -1.45. The van der Waals surface area contributed by atoms with Crippen molar-refractivity contribution in [3.05, 3.63) is 81.8 Å². The molecule has 3 aromatic rings. The molecule has 1 atom stereocenters. The van der Waals surface area contributed by atoms with Gasteiger partial charge in [-0.1, -0.05) is 38.1 Å². The van der Waals surface area contributed by atoms with Gasteiger partial charge in [0.1, 0.15) is 23.4 Å². The molecule has 1 fully saturated rings. The van der Waals surface area contributed by atoms with Crippen molar-refractivity contribution in [1.29, 1.82) is 0 Å². The number of fused-ring (bicyclic) bond motifs is 1. The van der Waals surface area contributed by atoms with E-state index in [4.69, 9.17) is 9.02 Å². The Kier molecular flexibility index (Phi) is 7.27. The third-order valence-corrected chi connectivity index (χ3v) is 6.95. The van der Waals surface area contributed by atoms with Crippen molar-refractivity contribution in [1.82, 2.24) is 14.8 Å². The van der Waals surface area contributed by atoms with Gasteiger partial charge in [0.25, 0.3) is 0 Å². The van der Waals surface area contributed by atoms with Crippen LogP contribution in [0.25, 0.3) is 5.69 Å². The van der Waals surface area contributed by atoms with Crippen LogP contribution < -0.4 is 15.2 Å². The molecule has 0 saturated carbocycles. The van der Waals surface area contributed by atoms with E-state index in [0.717, 1.165) is 41.3 Å². The van der Waals surface area contributed by atoms with Crippen molar-refractivity contribution >= 4 is 17.7 Å². The maximum Gasteiger partial charge on any atom is 0.316 e. The van der Waals surface area contributed by atoms with E-state index >= 15 is 0 Å². The number of hydroxylamine groups is 2. The van der Waals surface area contributed by atoms with Gasteiger partial charge in [-0.15, -0.1) is 0 Å². The van der Waals surface area contributed by atoms with Gasteiger partial charge in [0.15, 0.2) is 0 Å². The van der Waals surface area contributed by atoms with Crippen LogP contribution in [0.5, 0.6) is 5.75 Å². The Morgan fingerprint density at radius 3 is 2.50 bits per heavy atom. The fourth-order valence-corrected chi connectivity index (χ4v) is 4.99. The van der Waals surface area contributed by atoms with Gasteiger partial charge in [0.2, 0.25) is 5.75 Å². The second-order valence-corrected chi connectivity index (χ2v) is 10.5. The van der Waals surface area contributed by atoms with E-state index < -0.39 is 17.2 Å². The number of aryl methyl sites for hydroxylation is 1. The van der Waals surface area contributed by atoms with Crippen molar-refractivity contribution in [2.75, 3.05) is 31.1 Å². The van der Waals surface area contributed by atoms with Crippen molar-refractivity contribution < 1.29 is 17.8 Å². The molecule has 5 rings (SSSR count). The monoisotopic (exact) mass is 514 g/mol. The first-order valence-electron chi connectivity index (χ1n) is 12.1. The highest BCUT2D eigenvalue weighted by molar-refractivity contribution is 7.95. The maximum absolute atomic E-state index is 13.9. The zero-order valence-corrected chi connectivity index (χ0v) is 21.0. The highest BCUT2D eigenvalue weighted by Crippen LogP contribution is 2.37. The van der Waals surface area contributed by atoms with Gasteiger partial charge in [-0.3, -0.25) is 4.79 Å². The quantitative estimate of drug-likeness (QED) is 0.424. The SMILES string of the molecule is CC(C)SON1CCN(c2cnn(-c3cc(F)cc(F)c3)c(=O)c2OC2CCc3ccccc32)CC1. The Labute approximate surface area is 212 Å². The summed E-state index contributed by atoms with van der Waals surface area (Å²) in [5, 5.41) is 6.51.